The molecule has 2 aromatic carbocycles. The molecule has 0 radical (unpaired) electrons. The van der Waals surface area contributed by atoms with E-state index in [4.69, 9.17) is 21.1 Å². The number of halogens is 1. The van der Waals surface area contributed by atoms with Gasteiger partial charge in [0.15, 0.2) is 0 Å². The van der Waals surface area contributed by atoms with Crippen molar-refractivity contribution in [3.63, 3.8) is 0 Å². The van der Waals surface area contributed by atoms with Crippen molar-refractivity contribution >= 4 is 39.1 Å². The number of nitrogens with one attached hydrogen (secondary N) is 1. The van der Waals surface area contributed by atoms with Gasteiger partial charge in [0.05, 0.1) is 26.2 Å². The largest absolute Gasteiger partial charge is 0.497 e. The third-order valence-electron chi connectivity index (χ3n) is 6.72. The first-order valence-electron chi connectivity index (χ1n) is 12.6. The highest BCUT2D eigenvalue weighted by Crippen LogP contribution is 2.33. The van der Waals surface area contributed by atoms with E-state index in [1.54, 1.807) is 43.3 Å². The molecule has 0 heterocycles. The second kappa shape index (κ2) is 13.2. The summed E-state index contributed by atoms with van der Waals surface area (Å²) in [4.78, 5) is 28.4. The fourth-order valence-electron chi connectivity index (χ4n) is 4.52. The Bertz CT molecular complexity index is 1220. The number of anilines is 1. The van der Waals surface area contributed by atoms with Crippen LogP contribution >= 0.6 is 11.6 Å². The molecule has 0 unspecified atom stereocenters. The van der Waals surface area contributed by atoms with E-state index in [0.29, 0.717) is 10.8 Å². The second-order valence-electron chi connectivity index (χ2n) is 9.48. The summed E-state index contributed by atoms with van der Waals surface area (Å²) < 4.78 is 37.3. The van der Waals surface area contributed by atoms with Crippen LogP contribution in [0.4, 0.5) is 5.69 Å². The summed E-state index contributed by atoms with van der Waals surface area (Å²) in [6.07, 6.45) is 6.09. The highest BCUT2D eigenvalue weighted by atomic mass is 35.5. The topological polar surface area (TPSA) is 105 Å². The van der Waals surface area contributed by atoms with Crippen molar-refractivity contribution in [2.75, 3.05) is 31.3 Å². The van der Waals surface area contributed by atoms with Crippen molar-refractivity contribution < 1.29 is 27.5 Å². The second-order valence-corrected chi connectivity index (χ2v) is 11.8. The van der Waals surface area contributed by atoms with Gasteiger partial charge in [0.1, 0.15) is 24.1 Å². The number of amides is 2. The number of nitrogens with zero attached hydrogens (tertiary/aromatic N) is 2. The summed E-state index contributed by atoms with van der Waals surface area (Å²) in [5.74, 6) is -0.0978. The molecule has 2 aromatic rings. The Kier molecular flexibility index (Phi) is 10.3. The predicted octanol–water partition coefficient (Wildman–Crippen LogP) is 3.99. The lowest BCUT2D eigenvalue weighted by atomic mass is 9.95. The monoisotopic (exact) mass is 565 g/mol. The minimum absolute atomic E-state index is 0.0715. The maximum absolute atomic E-state index is 13.8. The Hall–Kier alpha value is -2.98. The number of sulfonamides is 1. The third-order valence-corrected chi connectivity index (χ3v) is 8.10. The maximum Gasteiger partial charge on any atom is 0.244 e. The standard InChI is InChI=1S/C27H36ClN3O6S/c1-19(27(33)29-22-8-6-5-7-9-22)30(17-20-10-12-21(28)13-11-20)26(32)18-31(38(4,34)35)24-15-14-23(36-2)16-25(24)37-3/h10-16,19,22H,5-9,17-18H2,1-4H3,(H,29,33)/t19-/m1/s1. The number of rotatable bonds is 11. The molecule has 3 rings (SSSR count). The number of methoxy groups -OCH3 is 2. The molecule has 0 bridgehead atoms. The van der Waals surface area contributed by atoms with Gasteiger partial charge in [0.25, 0.3) is 0 Å². The Labute approximate surface area is 230 Å². The molecule has 0 saturated heterocycles. The van der Waals surface area contributed by atoms with Crippen molar-refractivity contribution in [3.05, 3.63) is 53.1 Å². The minimum Gasteiger partial charge on any atom is -0.497 e. The van der Waals surface area contributed by atoms with E-state index in [0.717, 1.165) is 48.2 Å². The molecule has 1 N–H and O–H groups in total. The molecule has 208 valence electrons. The molecule has 1 aliphatic carbocycles. The zero-order chi connectivity index (χ0) is 27.9. The number of carbonyl (C=O) groups is 2. The van der Waals surface area contributed by atoms with Gasteiger partial charge in [0, 0.05) is 23.7 Å². The number of carbonyl (C=O) groups excluding carboxylic acids is 2. The molecule has 0 aliphatic heterocycles. The van der Waals surface area contributed by atoms with E-state index in [1.165, 1.54) is 25.2 Å². The van der Waals surface area contributed by atoms with Gasteiger partial charge < -0.3 is 19.7 Å². The van der Waals surface area contributed by atoms with Gasteiger partial charge >= 0.3 is 0 Å². The number of hydrogen-bond donors (Lipinski definition) is 1. The van der Waals surface area contributed by atoms with E-state index in [2.05, 4.69) is 5.32 Å². The summed E-state index contributed by atoms with van der Waals surface area (Å²) in [5.41, 5.74) is 0.947. The van der Waals surface area contributed by atoms with E-state index in [-0.39, 0.29) is 29.9 Å². The lowest BCUT2D eigenvalue weighted by molar-refractivity contribution is -0.139. The van der Waals surface area contributed by atoms with Crippen LogP contribution in [0.25, 0.3) is 0 Å². The molecule has 1 fully saturated rings. The normalized spacial score (nSPS) is 14.9. The van der Waals surface area contributed by atoms with Crippen LogP contribution in [0.2, 0.25) is 5.02 Å². The molecular formula is C27H36ClN3O6S. The summed E-state index contributed by atoms with van der Waals surface area (Å²) >= 11 is 6.03. The van der Waals surface area contributed by atoms with Crippen molar-refractivity contribution in [1.82, 2.24) is 10.2 Å². The minimum atomic E-state index is -3.90. The molecule has 0 aromatic heterocycles. The van der Waals surface area contributed by atoms with Gasteiger partial charge in [-0.25, -0.2) is 8.42 Å². The lowest BCUT2D eigenvalue weighted by Crippen LogP contribution is -2.53. The van der Waals surface area contributed by atoms with Gasteiger partial charge in [-0.05, 0) is 49.6 Å². The number of hydrogen-bond acceptors (Lipinski definition) is 6. The fraction of sp³-hybridized carbons (Fsp3) is 0.481. The zero-order valence-corrected chi connectivity index (χ0v) is 23.8. The Balaban J connectivity index is 1.91. The third kappa shape index (κ3) is 7.77. The van der Waals surface area contributed by atoms with E-state index in [9.17, 15) is 18.0 Å². The summed E-state index contributed by atoms with van der Waals surface area (Å²) in [7, 11) is -1.00. The SMILES string of the molecule is COc1ccc(N(CC(=O)N(Cc2ccc(Cl)cc2)[C@H](C)C(=O)NC2CCCCC2)S(C)(=O)=O)c(OC)c1. The Morgan fingerprint density at radius 1 is 1.05 bits per heavy atom. The van der Waals surface area contributed by atoms with E-state index >= 15 is 0 Å². The average molecular weight is 566 g/mol. The summed E-state index contributed by atoms with van der Waals surface area (Å²) in [6, 6.07) is 10.9. The van der Waals surface area contributed by atoms with E-state index < -0.39 is 28.5 Å². The quantitative estimate of drug-likeness (QED) is 0.442. The molecule has 9 nitrogen and oxygen atoms in total. The molecule has 1 atom stereocenters. The first kappa shape index (κ1) is 29.6. The maximum atomic E-state index is 13.8. The van der Waals surface area contributed by atoms with Crippen molar-refractivity contribution in [3.8, 4) is 11.5 Å². The van der Waals surface area contributed by atoms with Crippen molar-refractivity contribution in [2.45, 2.75) is 57.7 Å². The predicted molar refractivity (Wildman–Crippen MR) is 148 cm³/mol. The van der Waals surface area contributed by atoms with Gasteiger partial charge in [0.2, 0.25) is 21.8 Å². The van der Waals surface area contributed by atoms with Crippen LogP contribution in [0.1, 0.15) is 44.6 Å². The average Bonchev–Trinajstić information content (AvgIpc) is 2.90. The molecule has 38 heavy (non-hydrogen) atoms. The molecule has 1 saturated carbocycles. The van der Waals surface area contributed by atoms with Gasteiger partial charge in [-0.1, -0.05) is 43.0 Å². The smallest absolute Gasteiger partial charge is 0.244 e. The highest BCUT2D eigenvalue weighted by Gasteiger charge is 2.32. The number of ether oxygens (including phenoxy) is 2. The number of benzene rings is 2. The molecule has 1 aliphatic rings. The van der Waals surface area contributed by atoms with Gasteiger partial charge in [-0.3, -0.25) is 13.9 Å². The van der Waals surface area contributed by atoms with Crippen LogP contribution in [-0.2, 0) is 26.2 Å². The first-order valence-corrected chi connectivity index (χ1v) is 14.8. The zero-order valence-electron chi connectivity index (χ0n) is 22.3. The Morgan fingerprint density at radius 2 is 1.71 bits per heavy atom. The Morgan fingerprint density at radius 3 is 2.29 bits per heavy atom. The molecular weight excluding hydrogens is 530 g/mol. The highest BCUT2D eigenvalue weighted by molar-refractivity contribution is 7.92. The van der Waals surface area contributed by atoms with Crippen molar-refractivity contribution in [2.24, 2.45) is 0 Å². The molecule has 0 spiro atoms. The lowest BCUT2D eigenvalue weighted by Gasteiger charge is -2.33. The summed E-state index contributed by atoms with van der Waals surface area (Å²) in [6.45, 7) is 1.24. The molecule has 2 amide bonds. The van der Waals surface area contributed by atoms with Crippen LogP contribution in [0.5, 0.6) is 11.5 Å². The molecule has 11 heteroatoms. The van der Waals surface area contributed by atoms with Crippen LogP contribution in [0, 0.1) is 0 Å². The van der Waals surface area contributed by atoms with Gasteiger partial charge in [-0.2, -0.15) is 0 Å². The fourth-order valence-corrected chi connectivity index (χ4v) is 5.50. The van der Waals surface area contributed by atoms with E-state index in [1.807, 2.05) is 0 Å². The van der Waals surface area contributed by atoms with Crippen LogP contribution in [0.15, 0.2) is 42.5 Å². The first-order chi connectivity index (χ1) is 18.0. The van der Waals surface area contributed by atoms with Crippen LogP contribution < -0.4 is 19.1 Å². The van der Waals surface area contributed by atoms with Crippen LogP contribution in [0.3, 0.4) is 0 Å². The van der Waals surface area contributed by atoms with Crippen LogP contribution in [-0.4, -0.2) is 64.2 Å². The van der Waals surface area contributed by atoms with Crippen molar-refractivity contribution in [1.29, 1.82) is 0 Å². The van der Waals surface area contributed by atoms with Gasteiger partial charge in [-0.15, -0.1) is 0 Å². The summed E-state index contributed by atoms with van der Waals surface area (Å²) in [5, 5.41) is 3.62.